The maximum Gasteiger partial charge on any atom is 0.129 e. The highest BCUT2D eigenvalue weighted by Gasteiger charge is 2.18. The first-order valence-corrected chi connectivity index (χ1v) is 3.87. The zero-order chi connectivity index (χ0) is 9.35. The quantitative estimate of drug-likeness (QED) is 0.560. The summed E-state index contributed by atoms with van der Waals surface area (Å²) in [5.74, 6) is -0.997. The Morgan fingerprint density at radius 3 is 2.08 bits per heavy atom. The van der Waals surface area contributed by atoms with Crippen LogP contribution in [-0.4, -0.2) is 0 Å². The summed E-state index contributed by atoms with van der Waals surface area (Å²) in [4.78, 5) is 0. The third-order valence-electron chi connectivity index (χ3n) is 1.74. The van der Waals surface area contributed by atoms with Gasteiger partial charge in [-0.15, -0.1) is 0 Å². The lowest BCUT2D eigenvalue weighted by molar-refractivity contribution is 0.511. The van der Waals surface area contributed by atoms with Gasteiger partial charge in [0.2, 0.25) is 0 Å². The molecule has 12 heavy (non-hydrogen) atoms. The van der Waals surface area contributed by atoms with Crippen LogP contribution in [0.15, 0.2) is 18.2 Å². The highest BCUT2D eigenvalue weighted by atomic mass is 19.1. The Morgan fingerprint density at radius 1 is 1.08 bits per heavy atom. The predicted octanol–water partition coefficient (Wildman–Crippen LogP) is 3.26. The van der Waals surface area contributed by atoms with E-state index in [0.29, 0.717) is 5.56 Å². The Labute approximate surface area is 71.2 Å². The molecule has 0 saturated heterocycles. The number of halogens is 2. The monoisotopic (exact) mass is 170 g/mol. The predicted molar refractivity (Wildman–Crippen MR) is 45.1 cm³/mol. The Morgan fingerprint density at radius 2 is 1.67 bits per heavy atom. The van der Waals surface area contributed by atoms with Crippen molar-refractivity contribution in [3.63, 3.8) is 0 Å². The fourth-order valence-corrected chi connectivity index (χ4v) is 1.10. The van der Waals surface area contributed by atoms with Gasteiger partial charge in [0.05, 0.1) is 0 Å². The average Bonchev–Trinajstić information content (AvgIpc) is 1.83. The highest BCUT2D eigenvalue weighted by Crippen LogP contribution is 2.24. The van der Waals surface area contributed by atoms with Crippen LogP contribution < -0.4 is 0 Å². The van der Waals surface area contributed by atoms with Crippen LogP contribution in [0.1, 0.15) is 26.3 Å². The first-order valence-electron chi connectivity index (χ1n) is 3.87. The standard InChI is InChI=1S/C10H12F2/c1-10(2,3)8-5-4-7(11)6-9(8)12/h4-6H,1-3H3. The maximum atomic E-state index is 13.1. The van der Waals surface area contributed by atoms with Crippen LogP contribution in [0.25, 0.3) is 0 Å². The van der Waals surface area contributed by atoms with E-state index >= 15 is 0 Å². The molecule has 0 unspecified atom stereocenters. The molecule has 1 rings (SSSR count). The van der Waals surface area contributed by atoms with Gasteiger partial charge in [0.1, 0.15) is 11.6 Å². The summed E-state index contributed by atoms with van der Waals surface area (Å²) in [6.07, 6.45) is 0. The van der Waals surface area contributed by atoms with Gasteiger partial charge in [0, 0.05) is 6.07 Å². The minimum atomic E-state index is -0.527. The molecule has 2 heteroatoms. The second-order valence-electron chi connectivity index (χ2n) is 3.87. The second-order valence-corrected chi connectivity index (χ2v) is 3.87. The van der Waals surface area contributed by atoms with Crippen LogP contribution in [0.2, 0.25) is 0 Å². The van der Waals surface area contributed by atoms with Crippen molar-refractivity contribution in [2.45, 2.75) is 26.2 Å². The molecule has 0 aliphatic rings. The van der Waals surface area contributed by atoms with Crippen LogP contribution in [-0.2, 0) is 5.41 Å². The first-order chi connectivity index (χ1) is 5.41. The average molecular weight is 170 g/mol. The molecular formula is C10H12F2. The first kappa shape index (κ1) is 9.17. The van der Waals surface area contributed by atoms with E-state index in [1.807, 2.05) is 20.8 Å². The van der Waals surface area contributed by atoms with Crippen molar-refractivity contribution in [1.82, 2.24) is 0 Å². The van der Waals surface area contributed by atoms with Gasteiger partial charge in [0.15, 0.2) is 0 Å². The van der Waals surface area contributed by atoms with E-state index in [-0.39, 0.29) is 5.41 Å². The summed E-state index contributed by atoms with van der Waals surface area (Å²) in [6.45, 7) is 5.68. The third-order valence-corrected chi connectivity index (χ3v) is 1.74. The number of benzene rings is 1. The molecule has 0 aliphatic carbocycles. The van der Waals surface area contributed by atoms with Crippen molar-refractivity contribution in [2.24, 2.45) is 0 Å². The molecule has 0 nitrogen and oxygen atoms in total. The topological polar surface area (TPSA) is 0 Å². The third kappa shape index (κ3) is 1.81. The van der Waals surface area contributed by atoms with Gasteiger partial charge in [-0.25, -0.2) is 8.78 Å². The molecule has 0 N–H and O–H groups in total. The van der Waals surface area contributed by atoms with E-state index in [1.165, 1.54) is 12.1 Å². The van der Waals surface area contributed by atoms with Crippen LogP contribution in [0.4, 0.5) is 8.78 Å². The molecule has 0 bridgehead atoms. The summed E-state index contributed by atoms with van der Waals surface area (Å²) in [7, 11) is 0. The summed E-state index contributed by atoms with van der Waals surface area (Å²) in [5.41, 5.74) is 0.279. The lowest BCUT2D eigenvalue weighted by atomic mass is 9.87. The number of hydrogen-bond donors (Lipinski definition) is 0. The SMILES string of the molecule is CC(C)(C)c1ccc(F)cc1F. The Hall–Kier alpha value is -0.920. The molecule has 0 spiro atoms. The summed E-state index contributed by atoms with van der Waals surface area (Å²) in [5, 5.41) is 0. The molecule has 0 fully saturated rings. The van der Waals surface area contributed by atoms with Crippen LogP contribution >= 0.6 is 0 Å². The summed E-state index contributed by atoms with van der Waals surface area (Å²) < 4.78 is 25.6. The van der Waals surface area contributed by atoms with Crippen molar-refractivity contribution in [1.29, 1.82) is 0 Å². The van der Waals surface area contributed by atoms with E-state index < -0.39 is 11.6 Å². The molecule has 0 radical (unpaired) electrons. The Bertz CT molecular complexity index is 284. The number of rotatable bonds is 0. The highest BCUT2D eigenvalue weighted by molar-refractivity contribution is 5.25. The Kier molecular flexibility index (Phi) is 2.18. The van der Waals surface area contributed by atoms with Gasteiger partial charge in [0.25, 0.3) is 0 Å². The lowest BCUT2D eigenvalue weighted by Gasteiger charge is -2.19. The zero-order valence-electron chi connectivity index (χ0n) is 7.49. The van der Waals surface area contributed by atoms with Crippen molar-refractivity contribution < 1.29 is 8.78 Å². The fourth-order valence-electron chi connectivity index (χ4n) is 1.10. The molecule has 66 valence electrons. The minimum absolute atomic E-state index is 0.266. The molecule has 0 heterocycles. The van der Waals surface area contributed by atoms with E-state index in [0.717, 1.165) is 6.07 Å². The normalized spacial score (nSPS) is 11.8. The van der Waals surface area contributed by atoms with Gasteiger partial charge < -0.3 is 0 Å². The molecule has 0 atom stereocenters. The molecule has 1 aromatic carbocycles. The van der Waals surface area contributed by atoms with E-state index in [2.05, 4.69) is 0 Å². The zero-order valence-corrected chi connectivity index (χ0v) is 7.49. The van der Waals surface area contributed by atoms with Crippen molar-refractivity contribution in [3.8, 4) is 0 Å². The molecule has 1 aromatic rings. The van der Waals surface area contributed by atoms with Gasteiger partial charge >= 0.3 is 0 Å². The van der Waals surface area contributed by atoms with Crippen molar-refractivity contribution in [3.05, 3.63) is 35.4 Å². The smallest absolute Gasteiger partial charge is 0.129 e. The van der Waals surface area contributed by atoms with Gasteiger partial charge in [-0.2, -0.15) is 0 Å². The van der Waals surface area contributed by atoms with E-state index in [1.54, 1.807) is 0 Å². The minimum Gasteiger partial charge on any atom is -0.207 e. The van der Waals surface area contributed by atoms with Crippen LogP contribution in [0.3, 0.4) is 0 Å². The second kappa shape index (κ2) is 2.85. The summed E-state index contributed by atoms with van der Waals surface area (Å²) >= 11 is 0. The molecule has 0 aliphatic heterocycles. The number of hydrogen-bond acceptors (Lipinski definition) is 0. The van der Waals surface area contributed by atoms with Gasteiger partial charge in [-0.3, -0.25) is 0 Å². The van der Waals surface area contributed by atoms with E-state index in [4.69, 9.17) is 0 Å². The van der Waals surface area contributed by atoms with Crippen molar-refractivity contribution in [2.75, 3.05) is 0 Å². The molecule has 0 aromatic heterocycles. The molecule has 0 amide bonds. The largest absolute Gasteiger partial charge is 0.207 e. The van der Waals surface area contributed by atoms with Gasteiger partial charge in [-0.05, 0) is 17.0 Å². The van der Waals surface area contributed by atoms with E-state index in [9.17, 15) is 8.78 Å². The van der Waals surface area contributed by atoms with Crippen LogP contribution in [0.5, 0.6) is 0 Å². The summed E-state index contributed by atoms with van der Waals surface area (Å²) in [6, 6.07) is 3.69. The maximum absolute atomic E-state index is 13.1. The molecular weight excluding hydrogens is 158 g/mol. The van der Waals surface area contributed by atoms with Crippen LogP contribution in [0, 0.1) is 11.6 Å². The lowest BCUT2D eigenvalue weighted by Crippen LogP contribution is -2.13. The molecule has 0 saturated carbocycles. The van der Waals surface area contributed by atoms with Gasteiger partial charge in [-0.1, -0.05) is 26.8 Å². The van der Waals surface area contributed by atoms with Crippen molar-refractivity contribution >= 4 is 0 Å². The Balaban J connectivity index is 3.19. The fraction of sp³-hybridized carbons (Fsp3) is 0.400.